The third-order valence-corrected chi connectivity index (χ3v) is 4.60. The van der Waals surface area contributed by atoms with Crippen molar-refractivity contribution in [3.05, 3.63) is 77.4 Å². The summed E-state index contributed by atoms with van der Waals surface area (Å²) in [6, 6.07) is 18.1. The first-order chi connectivity index (χ1) is 11.6. The number of hydrogen-bond donors (Lipinski definition) is 1. The fraction of sp³-hybridized carbons (Fsp3) is 0.150. The van der Waals surface area contributed by atoms with Gasteiger partial charge >= 0.3 is 0 Å². The molecule has 0 bridgehead atoms. The summed E-state index contributed by atoms with van der Waals surface area (Å²) >= 11 is 0. The van der Waals surface area contributed by atoms with E-state index in [0.29, 0.717) is 5.56 Å². The predicted molar refractivity (Wildman–Crippen MR) is 90.4 cm³/mol. The first-order valence-corrected chi connectivity index (χ1v) is 7.83. The summed E-state index contributed by atoms with van der Waals surface area (Å²) < 4.78 is 26.8. The van der Waals surface area contributed by atoms with Crippen molar-refractivity contribution in [1.29, 1.82) is 0 Å². The second-order valence-corrected chi connectivity index (χ2v) is 5.99. The number of nitrogens with one attached hydrogen (secondary N) is 1. The molecule has 3 aromatic carbocycles. The van der Waals surface area contributed by atoms with Crippen LogP contribution in [0.15, 0.2) is 60.7 Å². The van der Waals surface area contributed by atoms with Crippen molar-refractivity contribution in [3.8, 4) is 0 Å². The quantitative estimate of drug-likeness (QED) is 0.685. The summed E-state index contributed by atoms with van der Waals surface area (Å²) in [5.41, 5.74) is 2.15. The van der Waals surface area contributed by atoms with Crippen LogP contribution in [0.25, 0.3) is 10.8 Å². The maximum absolute atomic E-state index is 13.4. The number of fused-ring (bicyclic) bond motifs is 3. The summed E-state index contributed by atoms with van der Waals surface area (Å²) in [5, 5.41) is 4.87. The molecule has 4 rings (SSSR count). The van der Waals surface area contributed by atoms with Gasteiger partial charge in [0.2, 0.25) is 5.91 Å². The van der Waals surface area contributed by atoms with Crippen LogP contribution in [0.1, 0.15) is 35.5 Å². The molecule has 1 aliphatic heterocycles. The van der Waals surface area contributed by atoms with Crippen molar-refractivity contribution >= 4 is 22.4 Å². The summed E-state index contributed by atoms with van der Waals surface area (Å²) in [6.45, 7) is 0. The highest BCUT2D eigenvalue weighted by atomic mass is 19.3. The number of amides is 1. The number of benzene rings is 3. The van der Waals surface area contributed by atoms with Crippen LogP contribution in [0.5, 0.6) is 0 Å². The monoisotopic (exact) mass is 323 g/mol. The zero-order valence-corrected chi connectivity index (χ0v) is 12.8. The van der Waals surface area contributed by atoms with Crippen LogP contribution in [0, 0.1) is 0 Å². The van der Waals surface area contributed by atoms with E-state index in [2.05, 4.69) is 5.32 Å². The zero-order chi connectivity index (χ0) is 16.7. The number of carbonyl (C=O) groups excluding carboxylic acids is 1. The number of alkyl halides is 2. The maximum Gasteiger partial charge on any atom is 0.264 e. The highest BCUT2D eigenvalue weighted by molar-refractivity contribution is 6.06. The molecule has 0 saturated heterocycles. The Labute approximate surface area is 138 Å². The van der Waals surface area contributed by atoms with Crippen molar-refractivity contribution in [2.24, 2.45) is 0 Å². The molecule has 0 radical (unpaired) electrons. The SMILES string of the molecule is O=C1CC(c2ccccc2C(F)F)c2ccc3ccccc3c2N1. The van der Waals surface area contributed by atoms with Crippen LogP contribution >= 0.6 is 0 Å². The molecule has 120 valence electrons. The van der Waals surface area contributed by atoms with Crippen LogP contribution in [-0.4, -0.2) is 5.91 Å². The Kier molecular flexibility index (Phi) is 3.53. The van der Waals surface area contributed by atoms with E-state index in [-0.39, 0.29) is 23.8 Å². The molecule has 0 fully saturated rings. The van der Waals surface area contributed by atoms with E-state index >= 15 is 0 Å². The summed E-state index contributed by atoms with van der Waals surface area (Å²) in [6.07, 6.45) is -2.38. The fourth-order valence-electron chi connectivity index (χ4n) is 3.51. The van der Waals surface area contributed by atoms with E-state index in [1.807, 2.05) is 36.4 Å². The molecule has 0 aromatic heterocycles. The molecule has 24 heavy (non-hydrogen) atoms. The summed E-state index contributed by atoms with van der Waals surface area (Å²) in [7, 11) is 0. The Bertz CT molecular complexity index is 936. The molecule has 1 aliphatic rings. The van der Waals surface area contributed by atoms with Gasteiger partial charge in [-0.1, -0.05) is 60.7 Å². The molecule has 3 aromatic rings. The third kappa shape index (κ3) is 2.35. The van der Waals surface area contributed by atoms with Gasteiger partial charge in [0.1, 0.15) is 0 Å². The van der Waals surface area contributed by atoms with Gasteiger partial charge in [0.15, 0.2) is 0 Å². The lowest BCUT2D eigenvalue weighted by molar-refractivity contribution is -0.116. The van der Waals surface area contributed by atoms with Crippen LogP contribution in [0.3, 0.4) is 0 Å². The predicted octanol–water partition coefficient (Wildman–Crippen LogP) is 5.25. The average Bonchev–Trinajstić information content (AvgIpc) is 2.61. The number of hydrogen-bond acceptors (Lipinski definition) is 1. The van der Waals surface area contributed by atoms with E-state index in [0.717, 1.165) is 22.0 Å². The van der Waals surface area contributed by atoms with E-state index in [4.69, 9.17) is 0 Å². The molecule has 1 atom stereocenters. The van der Waals surface area contributed by atoms with Gasteiger partial charge < -0.3 is 5.32 Å². The van der Waals surface area contributed by atoms with E-state index < -0.39 is 6.43 Å². The van der Waals surface area contributed by atoms with Gasteiger partial charge in [-0.3, -0.25) is 4.79 Å². The number of anilines is 1. The Morgan fingerprint density at radius 1 is 0.917 bits per heavy atom. The molecule has 1 N–H and O–H groups in total. The standard InChI is InChI=1S/C20H15F2NO/c21-20(22)16-8-4-3-7-14(16)17-11-18(24)23-19-13-6-2-1-5-12(13)9-10-15(17)19/h1-10,17,20H,11H2,(H,23,24). The largest absolute Gasteiger partial charge is 0.325 e. The molecular weight excluding hydrogens is 308 g/mol. The summed E-state index contributed by atoms with van der Waals surface area (Å²) in [4.78, 5) is 12.2. The molecule has 0 aliphatic carbocycles. The van der Waals surface area contributed by atoms with Crippen LogP contribution in [-0.2, 0) is 4.79 Å². The highest BCUT2D eigenvalue weighted by Gasteiger charge is 2.30. The van der Waals surface area contributed by atoms with Gasteiger partial charge in [0.05, 0.1) is 5.69 Å². The van der Waals surface area contributed by atoms with Crippen LogP contribution < -0.4 is 5.32 Å². The van der Waals surface area contributed by atoms with E-state index in [1.54, 1.807) is 18.2 Å². The zero-order valence-electron chi connectivity index (χ0n) is 12.8. The van der Waals surface area contributed by atoms with Crippen molar-refractivity contribution in [1.82, 2.24) is 0 Å². The number of rotatable bonds is 2. The molecule has 0 saturated carbocycles. The minimum Gasteiger partial charge on any atom is -0.325 e. The van der Waals surface area contributed by atoms with Gasteiger partial charge in [-0.25, -0.2) is 8.78 Å². The first kappa shape index (κ1) is 14.8. The maximum atomic E-state index is 13.4. The average molecular weight is 323 g/mol. The van der Waals surface area contributed by atoms with Crippen LogP contribution in [0.2, 0.25) is 0 Å². The third-order valence-electron chi connectivity index (χ3n) is 4.60. The second kappa shape index (κ2) is 5.71. The normalized spacial score (nSPS) is 17.0. The summed E-state index contributed by atoms with van der Waals surface area (Å²) in [5.74, 6) is -0.503. The molecule has 1 heterocycles. The fourth-order valence-corrected chi connectivity index (χ4v) is 3.51. The van der Waals surface area contributed by atoms with Gasteiger partial charge in [-0.2, -0.15) is 0 Å². The first-order valence-electron chi connectivity index (χ1n) is 7.83. The number of carbonyl (C=O) groups is 1. The van der Waals surface area contributed by atoms with Crippen molar-refractivity contribution in [2.45, 2.75) is 18.8 Å². The molecule has 0 spiro atoms. The Hall–Kier alpha value is -2.75. The second-order valence-electron chi connectivity index (χ2n) is 5.99. The molecule has 1 amide bonds. The number of halogens is 2. The lowest BCUT2D eigenvalue weighted by Gasteiger charge is -2.28. The highest BCUT2D eigenvalue weighted by Crippen LogP contribution is 2.43. The molecule has 2 nitrogen and oxygen atoms in total. The minimum absolute atomic E-state index is 0.00342. The van der Waals surface area contributed by atoms with Crippen LogP contribution in [0.4, 0.5) is 14.5 Å². The minimum atomic E-state index is -2.56. The smallest absolute Gasteiger partial charge is 0.264 e. The Morgan fingerprint density at radius 3 is 2.50 bits per heavy atom. The Balaban J connectivity index is 1.95. The van der Waals surface area contributed by atoms with Crippen molar-refractivity contribution in [3.63, 3.8) is 0 Å². The van der Waals surface area contributed by atoms with Gasteiger partial charge in [-0.05, 0) is 16.5 Å². The molecule has 4 heteroatoms. The molecular formula is C20H15F2NO. The van der Waals surface area contributed by atoms with Crippen molar-refractivity contribution < 1.29 is 13.6 Å². The van der Waals surface area contributed by atoms with Gasteiger partial charge in [0, 0.05) is 23.3 Å². The molecule has 1 unspecified atom stereocenters. The van der Waals surface area contributed by atoms with Crippen molar-refractivity contribution in [2.75, 3.05) is 5.32 Å². The van der Waals surface area contributed by atoms with Gasteiger partial charge in [0.25, 0.3) is 6.43 Å². The van der Waals surface area contributed by atoms with Gasteiger partial charge in [-0.15, -0.1) is 0 Å². The lowest BCUT2D eigenvalue weighted by atomic mass is 9.81. The topological polar surface area (TPSA) is 29.1 Å². The van der Waals surface area contributed by atoms with E-state index in [1.165, 1.54) is 6.07 Å². The van der Waals surface area contributed by atoms with E-state index in [9.17, 15) is 13.6 Å². The Morgan fingerprint density at radius 2 is 1.67 bits per heavy atom. The lowest BCUT2D eigenvalue weighted by Crippen LogP contribution is -2.24.